The van der Waals surface area contributed by atoms with Crippen LogP contribution in [0.5, 0.6) is 0 Å². The summed E-state index contributed by atoms with van der Waals surface area (Å²) in [6.45, 7) is 0. The number of carbonyl (C=O) groups excluding carboxylic acids is 1. The largest absolute Gasteiger partial charge is 0.436 e. The molecule has 0 spiro atoms. The zero-order chi connectivity index (χ0) is 19.0. The predicted molar refractivity (Wildman–Crippen MR) is 112 cm³/mol. The molecule has 0 radical (unpaired) electrons. The zero-order valence-electron chi connectivity index (χ0n) is 13.7. The Labute approximate surface area is 173 Å². The van der Waals surface area contributed by atoms with Crippen molar-refractivity contribution >= 4 is 61.8 Å². The summed E-state index contributed by atoms with van der Waals surface area (Å²) in [5.74, 6) is 0.148. The smallest absolute Gasteiger partial charge is 0.257 e. The first kappa shape index (κ1) is 18.0. The van der Waals surface area contributed by atoms with Crippen LogP contribution in [0.2, 0.25) is 10.0 Å². The van der Waals surface area contributed by atoms with Gasteiger partial charge in [-0.05, 0) is 64.5 Å². The third kappa shape index (κ3) is 3.72. The second-order valence-electron chi connectivity index (χ2n) is 5.76. The molecule has 1 N–H and O–H groups in total. The Kier molecular flexibility index (Phi) is 4.91. The minimum absolute atomic E-state index is 0.304. The fourth-order valence-corrected chi connectivity index (χ4v) is 3.45. The number of nitrogens with one attached hydrogen (secondary N) is 1. The number of anilines is 1. The predicted octanol–water partition coefficient (Wildman–Crippen LogP) is 6.82. The van der Waals surface area contributed by atoms with E-state index in [4.69, 9.17) is 27.6 Å². The maximum absolute atomic E-state index is 12.5. The molecular formula is C20H11BrCl2N2O2. The van der Waals surface area contributed by atoms with Crippen molar-refractivity contribution < 1.29 is 9.21 Å². The molecule has 0 aliphatic carbocycles. The van der Waals surface area contributed by atoms with E-state index < -0.39 is 0 Å². The van der Waals surface area contributed by atoms with Crippen molar-refractivity contribution in [2.75, 3.05) is 5.32 Å². The van der Waals surface area contributed by atoms with E-state index in [1.54, 1.807) is 30.3 Å². The van der Waals surface area contributed by atoms with Gasteiger partial charge in [-0.3, -0.25) is 4.79 Å². The van der Waals surface area contributed by atoms with E-state index in [2.05, 4.69) is 26.2 Å². The molecule has 0 saturated carbocycles. The Balaban J connectivity index is 1.65. The Hall–Kier alpha value is -2.34. The first-order chi connectivity index (χ1) is 13.0. The van der Waals surface area contributed by atoms with Crippen LogP contribution in [0.1, 0.15) is 10.4 Å². The highest BCUT2D eigenvalue weighted by Crippen LogP contribution is 2.31. The Morgan fingerprint density at radius 3 is 2.67 bits per heavy atom. The van der Waals surface area contributed by atoms with Crippen LogP contribution in [0.15, 0.2) is 69.6 Å². The number of benzene rings is 3. The number of hydrogen-bond acceptors (Lipinski definition) is 3. The van der Waals surface area contributed by atoms with Gasteiger partial charge in [0.15, 0.2) is 5.58 Å². The van der Waals surface area contributed by atoms with Crippen LogP contribution in [-0.2, 0) is 0 Å². The molecule has 0 aliphatic rings. The van der Waals surface area contributed by atoms with Gasteiger partial charge in [0.05, 0.1) is 16.1 Å². The molecule has 134 valence electrons. The van der Waals surface area contributed by atoms with Crippen molar-refractivity contribution in [2.24, 2.45) is 0 Å². The van der Waals surface area contributed by atoms with Gasteiger partial charge in [-0.25, -0.2) is 4.98 Å². The summed E-state index contributed by atoms with van der Waals surface area (Å²) in [6, 6.07) is 17.7. The molecule has 0 fully saturated rings. The van der Waals surface area contributed by atoms with Crippen LogP contribution < -0.4 is 5.32 Å². The number of carbonyl (C=O) groups is 1. The molecule has 0 bridgehead atoms. The number of hydrogen-bond donors (Lipinski definition) is 1. The lowest BCUT2D eigenvalue weighted by molar-refractivity contribution is 0.102. The first-order valence-corrected chi connectivity index (χ1v) is 9.48. The average molecular weight is 462 g/mol. The van der Waals surface area contributed by atoms with Gasteiger partial charge in [-0.15, -0.1) is 0 Å². The van der Waals surface area contributed by atoms with E-state index in [1.165, 1.54) is 6.07 Å². The maximum atomic E-state index is 12.5. The molecular weight excluding hydrogens is 451 g/mol. The number of aromatic nitrogens is 1. The molecule has 0 unspecified atom stereocenters. The van der Waals surface area contributed by atoms with E-state index in [0.29, 0.717) is 38.3 Å². The van der Waals surface area contributed by atoms with Gasteiger partial charge >= 0.3 is 0 Å². The highest BCUT2D eigenvalue weighted by Gasteiger charge is 2.14. The van der Waals surface area contributed by atoms with Crippen LogP contribution in [0.4, 0.5) is 5.69 Å². The van der Waals surface area contributed by atoms with E-state index in [9.17, 15) is 4.79 Å². The molecule has 4 nitrogen and oxygen atoms in total. The lowest BCUT2D eigenvalue weighted by Crippen LogP contribution is -2.12. The second kappa shape index (κ2) is 7.35. The molecule has 1 heterocycles. The van der Waals surface area contributed by atoms with E-state index in [0.717, 1.165) is 10.0 Å². The van der Waals surface area contributed by atoms with E-state index in [1.807, 2.05) is 24.3 Å². The van der Waals surface area contributed by atoms with E-state index in [-0.39, 0.29) is 5.91 Å². The third-order valence-electron chi connectivity index (χ3n) is 3.92. The van der Waals surface area contributed by atoms with Gasteiger partial charge in [0, 0.05) is 15.2 Å². The molecule has 1 aromatic heterocycles. The lowest BCUT2D eigenvalue weighted by Gasteiger charge is -2.07. The average Bonchev–Trinajstić information content (AvgIpc) is 3.07. The van der Waals surface area contributed by atoms with Crippen molar-refractivity contribution in [3.63, 3.8) is 0 Å². The normalized spacial score (nSPS) is 10.9. The second-order valence-corrected chi connectivity index (χ2v) is 7.46. The first-order valence-electron chi connectivity index (χ1n) is 7.93. The molecule has 3 aromatic carbocycles. The fourth-order valence-electron chi connectivity index (χ4n) is 2.62. The summed E-state index contributed by atoms with van der Waals surface area (Å²) in [5, 5.41) is 3.57. The summed E-state index contributed by atoms with van der Waals surface area (Å²) in [4.78, 5) is 17.0. The monoisotopic (exact) mass is 460 g/mol. The number of nitrogens with zero attached hydrogens (tertiary/aromatic N) is 1. The van der Waals surface area contributed by atoms with Crippen molar-refractivity contribution in [1.29, 1.82) is 0 Å². The van der Waals surface area contributed by atoms with Gasteiger partial charge < -0.3 is 9.73 Å². The third-order valence-corrected chi connectivity index (χ3v) is 5.18. The standard InChI is InChI=1S/C20H11BrCl2N2O2/c21-15-4-2-1-3-13(15)20-25-17-10-12(6-8-18(17)27-20)24-19(26)14-9-11(22)5-7-16(14)23/h1-10H,(H,24,26). The summed E-state index contributed by atoms with van der Waals surface area (Å²) in [5.41, 5.74) is 2.99. The van der Waals surface area contributed by atoms with Crippen molar-refractivity contribution in [3.05, 3.63) is 80.7 Å². The van der Waals surface area contributed by atoms with Gasteiger partial charge in [0.25, 0.3) is 5.91 Å². The van der Waals surface area contributed by atoms with Gasteiger partial charge in [0.2, 0.25) is 5.89 Å². The summed E-state index contributed by atoms with van der Waals surface area (Å²) < 4.78 is 6.71. The molecule has 7 heteroatoms. The fraction of sp³-hybridized carbons (Fsp3) is 0. The summed E-state index contributed by atoms with van der Waals surface area (Å²) in [7, 11) is 0. The van der Waals surface area contributed by atoms with Crippen molar-refractivity contribution in [1.82, 2.24) is 4.98 Å². The van der Waals surface area contributed by atoms with Gasteiger partial charge in [0.1, 0.15) is 5.52 Å². The number of amides is 1. The topological polar surface area (TPSA) is 55.1 Å². The Morgan fingerprint density at radius 1 is 1.04 bits per heavy atom. The van der Waals surface area contributed by atoms with Crippen molar-refractivity contribution in [2.45, 2.75) is 0 Å². The van der Waals surface area contributed by atoms with Crippen molar-refractivity contribution in [3.8, 4) is 11.5 Å². The lowest BCUT2D eigenvalue weighted by atomic mass is 10.2. The Morgan fingerprint density at radius 2 is 1.85 bits per heavy atom. The highest BCUT2D eigenvalue weighted by atomic mass is 79.9. The molecule has 1 amide bonds. The molecule has 0 saturated heterocycles. The minimum atomic E-state index is -0.351. The minimum Gasteiger partial charge on any atom is -0.436 e. The Bertz CT molecular complexity index is 1170. The van der Waals surface area contributed by atoms with Crippen LogP contribution >= 0.6 is 39.1 Å². The molecule has 27 heavy (non-hydrogen) atoms. The van der Waals surface area contributed by atoms with Crippen LogP contribution in [0, 0.1) is 0 Å². The van der Waals surface area contributed by atoms with Gasteiger partial charge in [-0.2, -0.15) is 0 Å². The number of fused-ring (bicyclic) bond motifs is 1. The number of rotatable bonds is 3. The van der Waals surface area contributed by atoms with E-state index >= 15 is 0 Å². The zero-order valence-corrected chi connectivity index (χ0v) is 16.8. The summed E-state index contributed by atoms with van der Waals surface area (Å²) in [6.07, 6.45) is 0. The quantitative estimate of drug-likeness (QED) is 0.364. The van der Waals surface area contributed by atoms with Crippen LogP contribution in [-0.4, -0.2) is 10.9 Å². The van der Waals surface area contributed by atoms with Gasteiger partial charge in [-0.1, -0.05) is 35.3 Å². The molecule has 0 atom stereocenters. The molecule has 4 aromatic rings. The molecule has 4 rings (SSSR count). The van der Waals surface area contributed by atoms with Crippen LogP contribution in [0.3, 0.4) is 0 Å². The summed E-state index contributed by atoms with van der Waals surface area (Å²) >= 11 is 15.5. The number of oxazole rings is 1. The molecule has 0 aliphatic heterocycles. The highest BCUT2D eigenvalue weighted by molar-refractivity contribution is 9.10. The maximum Gasteiger partial charge on any atom is 0.257 e. The number of halogens is 3. The SMILES string of the molecule is O=C(Nc1ccc2oc(-c3ccccc3Br)nc2c1)c1cc(Cl)ccc1Cl. The van der Waals surface area contributed by atoms with Crippen LogP contribution in [0.25, 0.3) is 22.6 Å².